The smallest absolute Gasteiger partial charge is 0.156 e. The third kappa shape index (κ3) is 2.97. The summed E-state index contributed by atoms with van der Waals surface area (Å²) < 4.78 is 10.3. The summed E-state index contributed by atoms with van der Waals surface area (Å²) >= 11 is 5.84. The lowest BCUT2D eigenvalue weighted by molar-refractivity contribution is 0.112. The summed E-state index contributed by atoms with van der Waals surface area (Å²) in [6.07, 6.45) is 1.87. The molecule has 0 aliphatic carbocycles. The molecule has 6 nitrogen and oxygen atoms in total. The number of anilines is 2. The Morgan fingerprint density at radius 2 is 1.80 bits per heavy atom. The first-order chi connectivity index (χ1) is 9.67. The van der Waals surface area contributed by atoms with E-state index in [1.54, 1.807) is 32.4 Å². The Hall–Kier alpha value is -2.34. The predicted octanol–water partition coefficient (Wildman–Crippen LogP) is 2.70. The second kappa shape index (κ2) is 6.21. The van der Waals surface area contributed by atoms with Crippen molar-refractivity contribution in [2.24, 2.45) is 0 Å². The number of ether oxygens (including phenoxy) is 2. The lowest BCUT2D eigenvalue weighted by Crippen LogP contribution is -2.01. The van der Waals surface area contributed by atoms with E-state index in [0.29, 0.717) is 29.3 Å². The van der Waals surface area contributed by atoms with Crippen molar-refractivity contribution in [3.05, 3.63) is 35.2 Å². The molecule has 0 bridgehead atoms. The molecule has 104 valence electrons. The highest BCUT2D eigenvalue weighted by Gasteiger charge is 2.10. The van der Waals surface area contributed by atoms with Crippen LogP contribution in [0.15, 0.2) is 24.5 Å². The number of nitrogens with zero attached hydrogens (tertiary/aromatic N) is 2. The van der Waals surface area contributed by atoms with E-state index >= 15 is 0 Å². The lowest BCUT2D eigenvalue weighted by Gasteiger charge is -2.11. The van der Waals surface area contributed by atoms with Gasteiger partial charge in [0.1, 0.15) is 28.8 Å². The molecule has 0 atom stereocenters. The molecular formula is C13H12ClN3O3. The highest BCUT2D eigenvalue weighted by molar-refractivity contribution is 6.32. The van der Waals surface area contributed by atoms with Crippen LogP contribution in [0.5, 0.6) is 11.5 Å². The van der Waals surface area contributed by atoms with Gasteiger partial charge in [-0.3, -0.25) is 4.79 Å². The third-order valence-corrected chi connectivity index (χ3v) is 2.87. The predicted molar refractivity (Wildman–Crippen MR) is 75.3 cm³/mol. The molecule has 7 heteroatoms. The number of carbonyl (C=O) groups is 1. The van der Waals surface area contributed by atoms with Crippen LogP contribution in [0.25, 0.3) is 0 Å². The Morgan fingerprint density at radius 1 is 1.15 bits per heavy atom. The molecule has 0 saturated carbocycles. The highest BCUT2D eigenvalue weighted by Crippen LogP contribution is 2.29. The molecule has 0 aliphatic rings. The number of nitrogens with one attached hydrogen (secondary N) is 1. The minimum absolute atomic E-state index is 0.0901. The summed E-state index contributed by atoms with van der Waals surface area (Å²) in [6.45, 7) is 0. The van der Waals surface area contributed by atoms with Crippen molar-refractivity contribution >= 4 is 29.4 Å². The fourth-order valence-corrected chi connectivity index (χ4v) is 1.77. The van der Waals surface area contributed by atoms with Gasteiger partial charge in [-0.05, 0) is 0 Å². The van der Waals surface area contributed by atoms with Crippen LogP contribution in [-0.4, -0.2) is 30.5 Å². The van der Waals surface area contributed by atoms with Crippen molar-refractivity contribution in [2.45, 2.75) is 0 Å². The number of methoxy groups -OCH3 is 2. The molecule has 2 aromatic rings. The summed E-state index contributed by atoms with van der Waals surface area (Å²) in [5.41, 5.74) is 0.843. The van der Waals surface area contributed by atoms with E-state index in [4.69, 9.17) is 21.1 Å². The zero-order valence-electron chi connectivity index (χ0n) is 10.9. The number of halogens is 1. The van der Waals surface area contributed by atoms with Gasteiger partial charge in [0, 0.05) is 23.9 Å². The van der Waals surface area contributed by atoms with Gasteiger partial charge in [0.05, 0.1) is 19.8 Å². The molecule has 0 spiro atoms. The fourth-order valence-electron chi connectivity index (χ4n) is 1.59. The molecular weight excluding hydrogens is 282 g/mol. The maximum absolute atomic E-state index is 11.0. The minimum atomic E-state index is 0.0901. The summed E-state index contributed by atoms with van der Waals surface area (Å²) in [6, 6.07) is 5.22. The monoisotopic (exact) mass is 293 g/mol. The van der Waals surface area contributed by atoms with E-state index in [0.717, 1.165) is 0 Å². The first-order valence-corrected chi connectivity index (χ1v) is 6.01. The Balaban J connectivity index is 2.39. The summed E-state index contributed by atoms with van der Waals surface area (Å²) in [5, 5.41) is 3.08. The van der Waals surface area contributed by atoms with E-state index in [1.165, 1.54) is 6.33 Å². The van der Waals surface area contributed by atoms with Gasteiger partial charge < -0.3 is 14.8 Å². The Bertz CT molecular complexity index is 612. The second-order valence-corrected chi connectivity index (χ2v) is 4.13. The fraction of sp³-hybridized carbons (Fsp3) is 0.154. The standard InChI is InChI=1S/C13H12ClN3O3/c1-19-9-3-8(4-10(5-9)20-2)17-13-11(6-18)12(14)15-7-16-13/h3-7H,1-2H3,(H,15,16,17). The largest absolute Gasteiger partial charge is 0.497 e. The number of hydrogen-bond acceptors (Lipinski definition) is 6. The third-order valence-electron chi connectivity index (χ3n) is 2.57. The molecule has 0 unspecified atom stereocenters. The molecule has 20 heavy (non-hydrogen) atoms. The molecule has 0 fully saturated rings. The molecule has 0 aliphatic heterocycles. The Kier molecular flexibility index (Phi) is 4.37. The van der Waals surface area contributed by atoms with Gasteiger partial charge in [-0.2, -0.15) is 0 Å². The number of carbonyl (C=O) groups excluding carboxylic acids is 1. The van der Waals surface area contributed by atoms with E-state index in [9.17, 15) is 4.79 Å². The van der Waals surface area contributed by atoms with Gasteiger partial charge in [0.2, 0.25) is 0 Å². The van der Waals surface area contributed by atoms with Crippen LogP contribution in [0, 0.1) is 0 Å². The Labute approximate surface area is 120 Å². The van der Waals surface area contributed by atoms with Crippen molar-refractivity contribution in [3.63, 3.8) is 0 Å². The van der Waals surface area contributed by atoms with Crippen LogP contribution in [0.4, 0.5) is 11.5 Å². The van der Waals surface area contributed by atoms with Gasteiger partial charge in [0.25, 0.3) is 0 Å². The maximum atomic E-state index is 11.0. The van der Waals surface area contributed by atoms with Crippen LogP contribution in [0.2, 0.25) is 5.15 Å². The van der Waals surface area contributed by atoms with Gasteiger partial charge in [-0.25, -0.2) is 9.97 Å². The van der Waals surface area contributed by atoms with Crippen LogP contribution in [0.1, 0.15) is 10.4 Å². The zero-order chi connectivity index (χ0) is 14.5. The maximum Gasteiger partial charge on any atom is 0.156 e. The SMILES string of the molecule is COc1cc(Nc2ncnc(Cl)c2C=O)cc(OC)c1. The van der Waals surface area contributed by atoms with Crippen LogP contribution < -0.4 is 14.8 Å². The molecule has 1 heterocycles. The van der Waals surface area contributed by atoms with Crippen LogP contribution in [0.3, 0.4) is 0 Å². The van der Waals surface area contributed by atoms with E-state index in [-0.39, 0.29) is 10.7 Å². The first kappa shape index (κ1) is 14.1. The Morgan fingerprint density at radius 3 is 2.35 bits per heavy atom. The summed E-state index contributed by atoms with van der Waals surface area (Å²) in [7, 11) is 3.11. The molecule has 1 aromatic heterocycles. The number of aromatic nitrogens is 2. The topological polar surface area (TPSA) is 73.3 Å². The van der Waals surface area contributed by atoms with Gasteiger partial charge in [0.15, 0.2) is 6.29 Å². The number of rotatable bonds is 5. The second-order valence-electron chi connectivity index (χ2n) is 3.77. The van der Waals surface area contributed by atoms with Crippen molar-refractivity contribution < 1.29 is 14.3 Å². The van der Waals surface area contributed by atoms with Crippen molar-refractivity contribution in [1.82, 2.24) is 9.97 Å². The van der Waals surface area contributed by atoms with Crippen molar-refractivity contribution in [3.8, 4) is 11.5 Å². The summed E-state index contributed by atoms with van der Waals surface area (Å²) in [4.78, 5) is 18.8. The molecule has 1 N–H and O–H groups in total. The summed E-state index contributed by atoms with van der Waals surface area (Å²) in [5.74, 6) is 1.54. The molecule has 0 amide bonds. The van der Waals surface area contributed by atoms with E-state index in [1.807, 2.05) is 0 Å². The van der Waals surface area contributed by atoms with Gasteiger partial charge in [-0.15, -0.1) is 0 Å². The molecule has 2 rings (SSSR count). The van der Waals surface area contributed by atoms with Crippen molar-refractivity contribution in [1.29, 1.82) is 0 Å². The highest BCUT2D eigenvalue weighted by atomic mass is 35.5. The average molecular weight is 294 g/mol. The minimum Gasteiger partial charge on any atom is -0.497 e. The van der Waals surface area contributed by atoms with E-state index in [2.05, 4.69) is 15.3 Å². The van der Waals surface area contributed by atoms with Crippen LogP contribution >= 0.6 is 11.6 Å². The van der Waals surface area contributed by atoms with Gasteiger partial charge >= 0.3 is 0 Å². The van der Waals surface area contributed by atoms with Crippen molar-refractivity contribution in [2.75, 3.05) is 19.5 Å². The average Bonchev–Trinajstić information content (AvgIpc) is 2.47. The quantitative estimate of drug-likeness (QED) is 0.675. The molecule has 0 saturated heterocycles. The molecule has 0 radical (unpaired) electrons. The molecule has 1 aromatic carbocycles. The normalized spacial score (nSPS) is 9.95. The number of aldehydes is 1. The first-order valence-electron chi connectivity index (χ1n) is 5.63. The van der Waals surface area contributed by atoms with E-state index < -0.39 is 0 Å². The zero-order valence-corrected chi connectivity index (χ0v) is 11.6. The van der Waals surface area contributed by atoms with Crippen LogP contribution in [-0.2, 0) is 0 Å². The number of hydrogen-bond donors (Lipinski definition) is 1. The lowest BCUT2D eigenvalue weighted by atomic mass is 10.2. The van der Waals surface area contributed by atoms with Gasteiger partial charge in [-0.1, -0.05) is 11.6 Å². The number of benzene rings is 1.